The number of hydrogen-bond donors (Lipinski definition) is 0. The molecule has 0 aliphatic heterocycles. The standard InChI is InChI=1S/C62H36OSe/c1-2-16-38(17-3-1)57-47-23-10-12-25-49(47)60(50-26-13-11-24-48(50)57)52-28-14-27-51-42-32-29-40(36-56(42)64-62(51)52)59-45-21-8-6-19-43(45)58(44-20-7-9-22-46(44)59)39-31-33-54-53(35-39)61-41-18-5-4-15-37(41)30-34-55(61)63-54/h1-36H. The van der Waals surface area contributed by atoms with Crippen LogP contribution in [0.4, 0.5) is 0 Å². The van der Waals surface area contributed by atoms with E-state index in [4.69, 9.17) is 4.42 Å². The molecule has 0 N–H and O–H groups in total. The number of hydrogen-bond acceptors (Lipinski definition) is 1. The van der Waals surface area contributed by atoms with Gasteiger partial charge in [0.15, 0.2) is 0 Å². The summed E-state index contributed by atoms with van der Waals surface area (Å²) in [6, 6.07) is 80.9. The topological polar surface area (TPSA) is 13.1 Å². The fraction of sp³-hybridized carbons (Fsp3) is 0. The van der Waals surface area contributed by atoms with Crippen LogP contribution in [0.1, 0.15) is 0 Å². The molecule has 0 amide bonds. The van der Waals surface area contributed by atoms with Crippen molar-refractivity contribution in [1.82, 2.24) is 0 Å². The average Bonchev–Trinajstić information content (AvgIpc) is 3.93. The molecule has 2 heteroatoms. The first-order chi connectivity index (χ1) is 31.8. The second kappa shape index (κ2) is 13.9. The Labute approximate surface area is 374 Å². The molecule has 2 heterocycles. The van der Waals surface area contributed by atoms with Crippen LogP contribution >= 0.6 is 0 Å². The molecule has 296 valence electrons. The number of benzene rings is 12. The van der Waals surface area contributed by atoms with Gasteiger partial charge >= 0.3 is 335 Å². The van der Waals surface area contributed by atoms with Crippen LogP contribution in [0, 0.1) is 0 Å². The van der Waals surface area contributed by atoms with Gasteiger partial charge in [0.25, 0.3) is 0 Å². The van der Waals surface area contributed by atoms with Gasteiger partial charge in [-0.3, -0.25) is 0 Å². The Balaban J connectivity index is 0.986. The quantitative estimate of drug-likeness (QED) is 0.127. The zero-order valence-corrected chi connectivity index (χ0v) is 36.3. The minimum absolute atomic E-state index is 0.0933. The van der Waals surface area contributed by atoms with Crippen molar-refractivity contribution >= 4 is 110 Å². The first-order valence-corrected chi connectivity index (χ1v) is 23.7. The monoisotopic (exact) mass is 876 g/mol. The predicted molar refractivity (Wildman–Crippen MR) is 275 cm³/mol. The molecule has 14 aromatic rings. The molecule has 14 rings (SSSR count). The van der Waals surface area contributed by atoms with E-state index in [-0.39, 0.29) is 14.5 Å². The Morgan fingerprint density at radius 3 is 1.39 bits per heavy atom. The van der Waals surface area contributed by atoms with Gasteiger partial charge in [-0.05, 0) is 11.5 Å². The molecule has 0 saturated carbocycles. The van der Waals surface area contributed by atoms with Crippen LogP contribution < -0.4 is 0 Å². The molecule has 0 saturated heterocycles. The van der Waals surface area contributed by atoms with E-state index in [9.17, 15) is 0 Å². The molecule has 0 unspecified atom stereocenters. The Hall–Kier alpha value is -7.74. The van der Waals surface area contributed by atoms with E-state index in [0.717, 1.165) is 16.6 Å². The number of rotatable bonds is 4. The molecule has 2 aromatic heterocycles. The van der Waals surface area contributed by atoms with Crippen molar-refractivity contribution in [2.75, 3.05) is 0 Å². The van der Waals surface area contributed by atoms with E-state index in [1.165, 1.54) is 123 Å². The van der Waals surface area contributed by atoms with Crippen LogP contribution in [0.3, 0.4) is 0 Å². The van der Waals surface area contributed by atoms with Crippen LogP contribution in [0.25, 0.3) is 140 Å². The van der Waals surface area contributed by atoms with E-state index in [1.807, 2.05) is 0 Å². The van der Waals surface area contributed by atoms with Gasteiger partial charge in [0.2, 0.25) is 0 Å². The van der Waals surface area contributed by atoms with Crippen molar-refractivity contribution in [1.29, 1.82) is 0 Å². The van der Waals surface area contributed by atoms with Crippen LogP contribution in [0.2, 0.25) is 0 Å². The van der Waals surface area contributed by atoms with E-state index in [1.54, 1.807) is 0 Å². The van der Waals surface area contributed by atoms with Gasteiger partial charge in [0, 0.05) is 0 Å². The molecular weight excluding hydrogens is 840 g/mol. The molecule has 0 spiro atoms. The normalized spacial score (nSPS) is 12.1. The predicted octanol–water partition coefficient (Wildman–Crippen LogP) is 17.4. The van der Waals surface area contributed by atoms with E-state index in [2.05, 4.69) is 218 Å². The summed E-state index contributed by atoms with van der Waals surface area (Å²) in [5.74, 6) is 0. The van der Waals surface area contributed by atoms with Gasteiger partial charge in [-0.1, -0.05) is 30.3 Å². The van der Waals surface area contributed by atoms with E-state index < -0.39 is 0 Å². The third-order valence-corrected chi connectivity index (χ3v) is 16.2. The molecule has 64 heavy (non-hydrogen) atoms. The van der Waals surface area contributed by atoms with Gasteiger partial charge in [0.1, 0.15) is 0 Å². The fourth-order valence-electron chi connectivity index (χ4n) is 10.9. The molecule has 0 aliphatic carbocycles. The summed E-state index contributed by atoms with van der Waals surface area (Å²) in [4.78, 5) is 0. The van der Waals surface area contributed by atoms with Crippen LogP contribution in [0.5, 0.6) is 0 Å². The minimum atomic E-state index is 0.0933. The summed E-state index contributed by atoms with van der Waals surface area (Å²) in [6.45, 7) is 0. The Morgan fingerprint density at radius 1 is 0.281 bits per heavy atom. The molecule has 0 bridgehead atoms. The molecule has 0 fully saturated rings. The Kier molecular flexibility index (Phi) is 7.77. The van der Waals surface area contributed by atoms with Gasteiger partial charge in [-0.2, -0.15) is 0 Å². The molecular formula is C62H36OSe. The fourth-order valence-corrected chi connectivity index (χ4v) is 13.6. The zero-order valence-electron chi connectivity index (χ0n) is 34.6. The maximum absolute atomic E-state index is 6.46. The van der Waals surface area contributed by atoms with Gasteiger partial charge < -0.3 is 0 Å². The summed E-state index contributed by atoms with van der Waals surface area (Å²) in [5, 5.41) is 17.7. The van der Waals surface area contributed by atoms with Crippen molar-refractivity contribution in [3.8, 4) is 44.5 Å². The summed E-state index contributed by atoms with van der Waals surface area (Å²) >= 11 is 0.0933. The second-order valence-corrected chi connectivity index (χ2v) is 19.2. The third-order valence-electron chi connectivity index (χ3n) is 13.6. The summed E-state index contributed by atoms with van der Waals surface area (Å²) in [5.41, 5.74) is 12.1. The van der Waals surface area contributed by atoms with Gasteiger partial charge in [0.05, 0.1) is 0 Å². The molecule has 0 atom stereocenters. The number of fused-ring (bicyclic) bond motifs is 12. The molecule has 0 aliphatic rings. The van der Waals surface area contributed by atoms with Crippen LogP contribution in [-0.2, 0) is 0 Å². The maximum atomic E-state index is 6.46. The Bertz CT molecular complexity index is 4130. The van der Waals surface area contributed by atoms with Crippen molar-refractivity contribution in [2.45, 2.75) is 0 Å². The second-order valence-electron chi connectivity index (χ2n) is 17.0. The number of furan rings is 1. The molecule has 0 radical (unpaired) electrons. The summed E-state index contributed by atoms with van der Waals surface area (Å²) < 4.78 is 9.35. The van der Waals surface area contributed by atoms with Crippen molar-refractivity contribution in [2.24, 2.45) is 0 Å². The summed E-state index contributed by atoms with van der Waals surface area (Å²) in [7, 11) is 0. The molecule has 12 aromatic carbocycles. The van der Waals surface area contributed by atoms with Crippen LogP contribution in [-0.4, -0.2) is 14.5 Å². The van der Waals surface area contributed by atoms with Crippen molar-refractivity contribution in [3.63, 3.8) is 0 Å². The van der Waals surface area contributed by atoms with E-state index in [0.29, 0.717) is 0 Å². The SMILES string of the molecule is c1ccc(-c2c3ccccc3c(-c3cccc4c3[se]c3cc(-c5c6ccccc6c(-c6ccc7oc8ccc9ccccc9c8c7c6)c6ccccc56)ccc34)c3ccccc23)cc1. The first-order valence-electron chi connectivity index (χ1n) is 22.0. The third kappa shape index (κ3) is 5.19. The van der Waals surface area contributed by atoms with E-state index >= 15 is 0 Å². The first kappa shape index (κ1) is 35.8. The van der Waals surface area contributed by atoms with Gasteiger partial charge in [-0.15, -0.1) is 0 Å². The van der Waals surface area contributed by atoms with Crippen molar-refractivity contribution < 1.29 is 4.42 Å². The molecule has 1 nitrogen and oxygen atoms in total. The summed E-state index contributed by atoms with van der Waals surface area (Å²) in [6.07, 6.45) is 0. The average molecular weight is 876 g/mol. The van der Waals surface area contributed by atoms with Crippen molar-refractivity contribution in [3.05, 3.63) is 218 Å². The Morgan fingerprint density at radius 2 is 0.766 bits per heavy atom. The van der Waals surface area contributed by atoms with Gasteiger partial charge in [-0.25, -0.2) is 0 Å². The van der Waals surface area contributed by atoms with Crippen LogP contribution in [0.15, 0.2) is 223 Å². The zero-order chi connectivity index (χ0) is 41.9.